The molecule has 0 bridgehead atoms. The summed E-state index contributed by atoms with van der Waals surface area (Å²) in [5.41, 5.74) is 8.36. The van der Waals surface area contributed by atoms with Gasteiger partial charge in [-0.05, 0) is 18.9 Å². The maximum atomic E-state index is 6.29. The van der Waals surface area contributed by atoms with E-state index in [1.807, 2.05) is 36.8 Å². The standard InChI is InChI=1S/C15H18ClN3/c16-12-6-2-1-5-11(12)15-9-18-10-19(15)14-8-4-3-7-13(14)17/h1-2,5-6,9-10,13-14H,3-4,7-8,17H2/t13-,14-/m1/s1. The minimum Gasteiger partial charge on any atom is -0.326 e. The Kier molecular flexibility index (Phi) is 3.58. The van der Waals surface area contributed by atoms with Gasteiger partial charge in [0.25, 0.3) is 0 Å². The Hall–Kier alpha value is -1.32. The second kappa shape index (κ2) is 5.35. The SMILES string of the molecule is N[C@@H]1CCCC[C@H]1n1cncc1-c1ccccc1Cl. The summed E-state index contributed by atoms with van der Waals surface area (Å²) in [7, 11) is 0. The molecule has 0 aliphatic heterocycles. The number of hydrogen-bond acceptors (Lipinski definition) is 2. The van der Waals surface area contributed by atoms with Crippen molar-refractivity contribution in [3.63, 3.8) is 0 Å². The average molecular weight is 276 g/mol. The summed E-state index contributed by atoms with van der Waals surface area (Å²) < 4.78 is 2.20. The Morgan fingerprint density at radius 1 is 1.21 bits per heavy atom. The monoisotopic (exact) mass is 275 g/mol. The minimum atomic E-state index is 0.212. The molecule has 3 nitrogen and oxygen atoms in total. The van der Waals surface area contributed by atoms with Crippen molar-refractivity contribution in [2.75, 3.05) is 0 Å². The van der Waals surface area contributed by atoms with Gasteiger partial charge in [0.1, 0.15) is 0 Å². The van der Waals surface area contributed by atoms with E-state index in [-0.39, 0.29) is 6.04 Å². The van der Waals surface area contributed by atoms with Crippen molar-refractivity contribution < 1.29 is 0 Å². The quantitative estimate of drug-likeness (QED) is 0.909. The normalized spacial score (nSPS) is 23.5. The molecule has 1 aromatic carbocycles. The fraction of sp³-hybridized carbons (Fsp3) is 0.400. The second-order valence-corrected chi connectivity index (χ2v) is 5.59. The Morgan fingerprint density at radius 3 is 2.79 bits per heavy atom. The van der Waals surface area contributed by atoms with E-state index in [1.165, 1.54) is 12.8 Å². The molecule has 2 N–H and O–H groups in total. The molecule has 3 rings (SSSR count). The molecular weight excluding hydrogens is 258 g/mol. The van der Waals surface area contributed by atoms with Gasteiger partial charge >= 0.3 is 0 Å². The summed E-state index contributed by atoms with van der Waals surface area (Å²) in [5.74, 6) is 0. The van der Waals surface area contributed by atoms with Crippen molar-refractivity contribution >= 4 is 11.6 Å². The molecule has 2 aromatic rings. The lowest BCUT2D eigenvalue weighted by Gasteiger charge is -2.31. The molecule has 0 amide bonds. The van der Waals surface area contributed by atoms with E-state index < -0.39 is 0 Å². The zero-order valence-corrected chi connectivity index (χ0v) is 11.6. The van der Waals surface area contributed by atoms with Crippen molar-refractivity contribution in [2.45, 2.75) is 37.8 Å². The summed E-state index contributed by atoms with van der Waals surface area (Å²) in [6.07, 6.45) is 8.43. The fourth-order valence-corrected chi connectivity index (χ4v) is 3.16. The molecule has 4 heteroatoms. The first-order valence-electron chi connectivity index (χ1n) is 6.79. The van der Waals surface area contributed by atoms with Crippen LogP contribution in [0, 0.1) is 0 Å². The van der Waals surface area contributed by atoms with Crippen molar-refractivity contribution in [1.82, 2.24) is 9.55 Å². The summed E-state index contributed by atoms with van der Waals surface area (Å²) in [5, 5.41) is 0.758. The largest absolute Gasteiger partial charge is 0.326 e. The number of halogens is 1. The highest BCUT2D eigenvalue weighted by Crippen LogP contribution is 2.34. The zero-order chi connectivity index (χ0) is 13.2. The molecule has 1 fully saturated rings. The lowest BCUT2D eigenvalue weighted by Crippen LogP contribution is -2.35. The molecule has 0 spiro atoms. The van der Waals surface area contributed by atoms with E-state index in [2.05, 4.69) is 9.55 Å². The molecule has 1 heterocycles. The number of nitrogens with zero attached hydrogens (tertiary/aromatic N) is 2. The van der Waals surface area contributed by atoms with Crippen molar-refractivity contribution in [3.05, 3.63) is 41.8 Å². The summed E-state index contributed by atoms with van der Waals surface area (Å²) in [4.78, 5) is 4.30. The van der Waals surface area contributed by atoms with Crippen LogP contribution < -0.4 is 5.73 Å². The van der Waals surface area contributed by atoms with Crippen LogP contribution in [0.3, 0.4) is 0 Å². The molecule has 2 atom stereocenters. The highest BCUT2D eigenvalue weighted by atomic mass is 35.5. The van der Waals surface area contributed by atoms with E-state index in [4.69, 9.17) is 17.3 Å². The van der Waals surface area contributed by atoms with Gasteiger partial charge in [0.2, 0.25) is 0 Å². The van der Waals surface area contributed by atoms with Crippen LogP contribution in [0.4, 0.5) is 0 Å². The van der Waals surface area contributed by atoms with E-state index in [1.54, 1.807) is 0 Å². The topological polar surface area (TPSA) is 43.8 Å². The van der Waals surface area contributed by atoms with E-state index in [9.17, 15) is 0 Å². The van der Waals surface area contributed by atoms with Crippen molar-refractivity contribution in [3.8, 4) is 11.3 Å². The molecule has 0 saturated heterocycles. The average Bonchev–Trinajstić information content (AvgIpc) is 2.89. The minimum absolute atomic E-state index is 0.212. The highest BCUT2D eigenvalue weighted by Gasteiger charge is 2.25. The number of rotatable bonds is 2. The predicted octanol–water partition coefficient (Wildman–Crippen LogP) is 3.65. The van der Waals surface area contributed by atoms with E-state index >= 15 is 0 Å². The number of imidazole rings is 1. The zero-order valence-electron chi connectivity index (χ0n) is 10.8. The van der Waals surface area contributed by atoms with Crippen molar-refractivity contribution in [1.29, 1.82) is 0 Å². The van der Waals surface area contributed by atoms with E-state index in [0.29, 0.717) is 6.04 Å². The van der Waals surface area contributed by atoms with Gasteiger partial charge in [-0.15, -0.1) is 0 Å². The summed E-state index contributed by atoms with van der Waals surface area (Å²) in [6.45, 7) is 0. The lowest BCUT2D eigenvalue weighted by molar-refractivity contribution is 0.308. The van der Waals surface area contributed by atoms with Gasteiger partial charge in [-0.25, -0.2) is 4.98 Å². The molecule has 100 valence electrons. The van der Waals surface area contributed by atoms with Crippen LogP contribution in [-0.4, -0.2) is 15.6 Å². The van der Waals surface area contributed by atoms with Gasteiger partial charge < -0.3 is 10.3 Å². The van der Waals surface area contributed by atoms with E-state index in [0.717, 1.165) is 29.1 Å². The maximum absolute atomic E-state index is 6.29. The Labute approximate surface area is 118 Å². The number of aromatic nitrogens is 2. The third-order valence-electron chi connectivity index (χ3n) is 3.95. The van der Waals surface area contributed by atoms with Crippen LogP contribution >= 0.6 is 11.6 Å². The van der Waals surface area contributed by atoms with Crippen molar-refractivity contribution in [2.24, 2.45) is 5.73 Å². The molecule has 19 heavy (non-hydrogen) atoms. The van der Waals surface area contributed by atoms with Gasteiger partial charge in [-0.3, -0.25) is 0 Å². The first-order chi connectivity index (χ1) is 9.27. The van der Waals surface area contributed by atoms with Crippen LogP contribution in [0.2, 0.25) is 5.02 Å². The smallest absolute Gasteiger partial charge is 0.0954 e. The molecule has 1 aromatic heterocycles. The fourth-order valence-electron chi connectivity index (χ4n) is 2.93. The molecule has 0 radical (unpaired) electrons. The van der Waals surface area contributed by atoms with Crippen LogP contribution in [-0.2, 0) is 0 Å². The van der Waals surface area contributed by atoms with Gasteiger partial charge in [0.15, 0.2) is 0 Å². The van der Waals surface area contributed by atoms with Gasteiger partial charge in [-0.1, -0.05) is 42.6 Å². The maximum Gasteiger partial charge on any atom is 0.0954 e. The predicted molar refractivity (Wildman–Crippen MR) is 78.2 cm³/mol. The Bertz CT molecular complexity index is 564. The number of nitrogens with two attached hydrogens (primary N) is 1. The van der Waals surface area contributed by atoms with Gasteiger partial charge in [0.05, 0.1) is 24.3 Å². The molecule has 1 aliphatic carbocycles. The van der Waals surface area contributed by atoms with Crippen LogP contribution in [0.15, 0.2) is 36.8 Å². The second-order valence-electron chi connectivity index (χ2n) is 5.18. The first-order valence-corrected chi connectivity index (χ1v) is 7.17. The number of hydrogen-bond donors (Lipinski definition) is 1. The van der Waals surface area contributed by atoms with Crippen LogP contribution in [0.5, 0.6) is 0 Å². The van der Waals surface area contributed by atoms with Crippen LogP contribution in [0.25, 0.3) is 11.3 Å². The van der Waals surface area contributed by atoms with Gasteiger partial charge in [0, 0.05) is 16.6 Å². The molecule has 1 aliphatic rings. The highest BCUT2D eigenvalue weighted by molar-refractivity contribution is 6.33. The molecular formula is C15H18ClN3. The first kappa shape index (κ1) is 12.7. The molecule has 1 saturated carbocycles. The third kappa shape index (κ3) is 2.40. The third-order valence-corrected chi connectivity index (χ3v) is 4.28. The van der Waals surface area contributed by atoms with Gasteiger partial charge in [-0.2, -0.15) is 0 Å². The lowest BCUT2D eigenvalue weighted by atomic mass is 9.90. The van der Waals surface area contributed by atoms with Crippen LogP contribution in [0.1, 0.15) is 31.7 Å². The molecule has 0 unspecified atom stereocenters. The summed E-state index contributed by atoms with van der Waals surface area (Å²) >= 11 is 6.29. The summed E-state index contributed by atoms with van der Waals surface area (Å²) in [6, 6.07) is 8.43. The Balaban J connectivity index is 2.01. The Morgan fingerprint density at radius 2 is 2.00 bits per heavy atom. The number of benzene rings is 1.